The molecule has 3 aromatic rings. The molecule has 0 aliphatic rings. The summed E-state index contributed by atoms with van der Waals surface area (Å²) < 4.78 is 5.14. The Hall–Kier alpha value is -4.39. The lowest BCUT2D eigenvalue weighted by atomic mass is 10.1. The van der Waals surface area contributed by atoms with Gasteiger partial charge in [-0.1, -0.05) is 30.3 Å². The summed E-state index contributed by atoms with van der Waals surface area (Å²) in [5.74, 6) is -0.190. The van der Waals surface area contributed by atoms with Crippen molar-refractivity contribution in [3.8, 4) is 5.75 Å². The van der Waals surface area contributed by atoms with E-state index < -0.39 is 5.91 Å². The molecular formula is C28H30N4O3. The van der Waals surface area contributed by atoms with Crippen molar-refractivity contribution in [3.05, 3.63) is 101 Å². The Morgan fingerprint density at radius 1 is 0.886 bits per heavy atom. The molecule has 35 heavy (non-hydrogen) atoms. The molecule has 180 valence electrons. The molecule has 0 atom stereocenters. The van der Waals surface area contributed by atoms with Crippen LogP contribution in [0.1, 0.15) is 35.3 Å². The van der Waals surface area contributed by atoms with Gasteiger partial charge in [-0.25, -0.2) is 5.43 Å². The number of hydrogen-bond acceptors (Lipinski definition) is 5. The second kappa shape index (κ2) is 12.7. The normalized spacial score (nSPS) is 11.2. The van der Waals surface area contributed by atoms with Gasteiger partial charge in [0.1, 0.15) is 11.4 Å². The molecule has 3 aromatic carbocycles. The number of nitrogens with zero attached hydrogens (tertiary/aromatic N) is 2. The SMILES string of the molecule is CCN(CC)c1ccc(/C=C(/NC(=O)c2ccccc2)C(=O)N/N=C\c2ccc(OC)cc2)cc1. The van der Waals surface area contributed by atoms with Crippen LogP contribution in [0.15, 0.2) is 89.7 Å². The minimum Gasteiger partial charge on any atom is -0.497 e. The number of amides is 2. The van der Waals surface area contributed by atoms with Gasteiger partial charge in [0, 0.05) is 24.3 Å². The third-order valence-electron chi connectivity index (χ3n) is 5.36. The van der Waals surface area contributed by atoms with Crippen LogP contribution in [0, 0.1) is 0 Å². The van der Waals surface area contributed by atoms with Gasteiger partial charge in [0.05, 0.1) is 13.3 Å². The summed E-state index contributed by atoms with van der Waals surface area (Å²) in [5.41, 5.74) is 5.68. The molecule has 7 nitrogen and oxygen atoms in total. The molecule has 2 N–H and O–H groups in total. The van der Waals surface area contributed by atoms with Gasteiger partial charge >= 0.3 is 0 Å². The maximum absolute atomic E-state index is 12.9. The van der Waals surface area contributed by atoms with Crippen molar-refractivity contribution in [2.45, 2.75) is 13.8 Å². The zero-order valence-electron chi connectivity index (χ0n) is 20.2. The van der Waals surface area contributed by atoms with Gasteiger partial charge in [0.15, 0.2) is 0 Å². The summed E-state index contributed by atoms with van der Waals surface area (Å²) >= 11 is 0. The van der Waals surface area contributed by atoms with Crippen LogP contribution in [0.25, 0.3) is 6.08 Å². The van der Waals surface area contributed by atoms with E-state index in [0.717, 1.165) is 35.7 Å². The highest BCUT2D eigenvalue weighted by Gasteiger charge is 2.14. The minimum absolute atomic E-state index is 0.0846. The van der Waals surface area contributed by atoms with Gasteiger partial charge in [-0.05, 0) is 79.6 Å². The number of carbonyl (C=O) groups is 2. The fourth-order valence-corrected chi connectivity index (χ4v) is 3.39. The van der Waals surface area contributed by atoms with Gasteiger partial charge in [0.2, 0.25) is 0 Å². The number of carbonyl (C=O) groups excluding carboxylic acids is 2. The van der Waals surface area contributed by atoms with Crippen LogP contribution < -0.4 is 20.4 Å². The lowest BCUT2D eigenvalue weighted by molar-refractivity contribution is -0.117. The van der Waals surface area contributed by atoms with E-state index in [0.29, 0.717) is 5.56 Å². The van der Waals surface area contributed by atoms with Gasteiger partial charge in [-0.3, -0.25) is 9.59 Å². The minimum atomic E-state index is -0.535. The number of hydrogen-bond donors (Lipinski definition) is 2. The summed E-state index contributed by atoms with van der Waals surface area (Å²) in [6, 6.07) is 23.8. The fraction of sp³-hybridized carbons (Fsp3) is 0.179. The van der Waals surface area contributed by atoms with Crippen LogP contribution >= 0.6 is 0 Å². The van der Waals surface area contributed by atoms with Gasteiger partial charge in [-0.2, -0.15) is 5.10 Å². The van der Waals surface area contributed by atoms with Crippen molar-refractivity contribution >= 4 is 29.8 Å². The van der Waals surface area contributed by atoms with Crippen molar-refractivity contribution < 1.29 is 14.3 Å². The maximum atomic E-state index is 12.9. The molecule has 0 spiro atoms. The lowest BCUT2D eigenvalue weighted by Gasteiger charge is -2.20. The molecular weight excluding hydrogens is 440 g/mol. The first-order valence-electron chi connectivity index (χ1n) is 11.4. The zero-order valence-corrected chi connectivity index (χ0v) is 20.2. The van der Waals surface area contributed by atoms with Crippen LogP contribution in [0.2, 0.25) is 0 Å². The molecule has 3 rings (SSSR count). The Morgan fingerprint density at radius 2 is 1.51 bits per heavy atom. The summed E-state index contributed by atoms with van der Waals surface area (Å²) in [5, 5.41) is 6.75. The Bertz CT molecular complexity index is 1170. The summed E-state index contributed by atoms with van der Waals surface area (Å²) in [7, 11) is 1.60. The Labute approximate surface area is 206 Å². The van der Waals surface area contributed by atoms with Crippen LogP contribution in [0.4, 0.5) is 5.69 Å². The van der Waals surface area contributed by atoms with Crippen LogP contribution in [0.3, 0.4) is 0 Å². The van der Waals surface area contributed by atoms with E-state index in [-0.39, 0.29) is 11.6 Å². The Kier molecular flexibility index (Phi) is 9.19. The molecule has 0 aliphatic carbocycles. The fourth-order valence-electron chi connectivity index (χ4n) is 3.39. The van der Waals surface area contributed by atoms with E-state index in [4.69, 9.17) is 4.74 Å². The van der Waals surface area contributed by atoms with Crippen LogP contribution in [-0.4, -0.2) is 38.2 Å². The number of ether oxygens (including phenoxy) is 1. The molecule has 0 aromatic heterocycles. The zero-order chi connectivity index (χ0) is 25.0. The molecule has 0 radical (unpaired) electrons. The molecule has 0 saturated carbocycles. The van der Waals surface area contributed by atoms with Gasteiger partial charge < -0.3 is 15.0 Å². The van der Waals surface area contributed by atoms with E-state index in [9.17, 15) is 9.59 Å². The smallest absolute Gasteiger partial charge is 0.287 e. The quantitative estimate of drug-likeness (QED) is 0.260. The monoisotopic (exact) mass is 470 g/mol. The van der Waals surface area contributed by atoms with Crippen molar-refractivity contribution in [2.24, 2.45) is 5.10 Å². The van der Waals surface area contributed by atoms with Crippen LogP contribution in [-0.2, 0) is 4.79 Å². The molecule has 0 unspecified atom stereocenters. The second-order valence-electron chi connectivity index (χ2n) is 7.61. The number of methoxy groups -OCH3 is 1. The third-order valence-corrected chi connectivity index (χ3v) is 5.36. The number of hydrazone groups is 1. The first-order chi connectivity index (χ1) is 17.0. The molecule has 0 bridgehead atoms. The lowest BCUT2D eigenvalue weighted by Crippen LogP contribution is -2.32. The average molecular weight is 471 g/mol. The molecule has 0 saturated heterocycles. The van der Waals surface area contributed by atoms with E-state index in [1.54, 1.807) is 49.6 Å². The highest BCUT2D eigenvalue weighted by molar-refractivity contribution is 6.05. The number of benzene rings is 3. The van der Waals surface area contributed by atoms with Crippen molar-refractivity contribution in [3.63, 3.8) is 0 Å². The average Bonchev–Trinajstić information content (AvgIpc) is 2.90. The third kappa shape index (κ3) is 7.30. The molecule has 2 amide bonds. The topological polar surface area (TPSA) is 83.0 Å². The second-order valence-corrected chi connectivity index (χ2v) is 7.61. The van der Waals surface area contributed by atoms with Crippen molar-refractivity contribution in [1.29, 1.82) is 0 Å². The largest absolute Gasteiger partial charge is 0.497 e. The van der Waals surface area contributed by atoms with Gasteiger partial charge in [-0.15, -0.1) is 0 Å². The van der Waals surface area contributed by atoms with E-state index in [2.05, 4.69) is 34.6 Å². The number of anilines is 1. The molecule has 0 aliphatic heterocycles. The number of nitrogens with one attached hydrogen (secondary N) is 2. The summed E-state index contributed by atoms with van der Waals surface area (Å²) in [6.45, 7) is 6.01. The van der Waals surface area contributed by atoms with Gasteiger partial charge in [0.25, 0.3) is 11.8 Å². The summed E-state index contributed by atoms with van der Waals surface area (Å²) in [6.07, 6.45) is 3.15. The first kappa shape index (κ1) is 25.2. The standard InChI is InChI=1S/C28H30N4O3/c1-4-32(5-2)24-15-11-21(12-16-24)19-26(30-27(33)23-9-7-6-8-10-23)28(34)31-29-20-22-13-17-25(35-3)18-14-22/h6-20H,4-5H2,1-3H3,(H,30,33)(H,31,34)/b26-19+,29-20-. The predicted molar refractivity (Wildman–Crippen MR) is 141 cm³/mol. The van der Waals surface area contributed by atoms with Crippen LogP contribution in [0.5, 0.6) is 5.75 Å². The van der Waals surface area contributed by atoms with E-state index >= 15 is 0 Å². The maximum Gasteiger partial charge on any atom is 0.287 e. The first-order valence-corrected chi connectivity index (χ1v) is 11.4. The summed E-state index contributed by atoms with van der Waals surface area (Å²) in [4.78, 5) is 27.9. The molecule has 0 fully saturated rings. The van der Waals surface area contributed by atoms with E-state index in [1.165, 1.54) is 6.21 Å². The molecule has 7 heteroatoms. The van der Waals surface area contributed by atoms with Crippen molar-refractivity contribution in [1.82, 2.24) is 10.7 Å². The Morgan fingerprint density at radius 3 is 2.11 bits per heavy atom. The predicted octanol–water partition coefficient (Wildman–Crippen LogP) is 4.46. The number of rotatable bonds is 10. The molecule has 0 heterocycles. The van der Waals surface area contributed by atoms with E-state index in [1.807, 2.05) is 42.5 Å². The highest BCUT2D eigenvalue weighted by atomic mass is 16.5. The van der Waals surface area contributed by atoms with Crippen molar-refractivity contribution in [2.75, 3.05) is 25.1 Å². The Balaban J connectivity index is 1.80. The highest BCUT2D eigenvalue weighted by Crippen LogP contribution is 2.17.